The van der Waals surface area contributed by atoms with Crippen LogP contribution in [0, 0.1) is 6.92 Å². The van der Waals surface area contributed by atoms with Crippen LogP contribution in [0.4, 0.5) is 0 Å². The Balaban J connectivity index is 1.62. The van der Waals surface area contributed by atoms with Crippen LogP contribution in [-0.4, -0.2) is 24.7 Å². The lowest BCUT2D eigenvalue weighted by atomic mass is 10.1. The van der Waals surface area contributed by atoms with Crippen molar-refractivity contribution >= 4 is 5.91 Å². The number of methoxy groups -OCH3 is 1. The highest BCUT2D eigenvalue weighted by Crippen LogP contribution is 2.23. The Labute approximate surface area is 146 Å². The van der Waals surface area contributed by atoms with E-state index in [9.17, 15) is 4.79 Å². The minimum atomic E-state index is -0.190. The Bertz CT molecular complexity index is 836. The number of nitrogens with zero attached hydrogens (tertiary/aromatic N) is 1. The predicted octanol–water partition coefficient (Wildman–Crippen LogP) is 3.63. The third-order valence-electron chi connectivity index (χ3n) is 3.99. The topological polar surface area (TPSA) is 64.4 Å². The molecule has 3 aromatic rings. The van der Waals surface area contributed by atoms with Crippen LogP contribution in [0.25, 0.3) is 11.3 Å². The van der Waals surface area contributed by atoms with Crippen LogP contribution >= 0.6 is 0 Å². The number of amides is 1. The van der Waals surface area contributed by atoms with E-state index in [-0.39, 0.29) is 5.91 Å². The van der Waals surface area contributed by atoms with Gasteiger partial charge in [0.25, 0.3) is 5.91 Å². The number of ether oxygens (including phenoxy) is 1. The number of aromatic nitrogens is 1. The van der Waals surface area contributed by atoms with Crippen LogP contribution in [0.15, 0.2) is 59.3 Å². The summed E-state index contributed by atoms with van der Waals surface area (Å²) in [4.78, 5) is 12.4. The van der Waals surface area contributed by atoms with E-state index in [1.807, 2.05) is 55.5 Å². The van der Waals surface area contributed by atoms with Gasteiger partial charge in [-0.2, -0.15) is 0 Å². The average Bonchev–Trinajstić information content (AvgIpc) is 3.13. The quantitative estimate of drug-likeness (QED) is 0.746. The molecule has 2 aromatic carbocycles. The molecule has 0 spiro atoms. The van der Waals surface area contributed by atoms with Crippen molar-refractivity contribution < 1.29 is 14.1 Å². The van der Waals surface area contributed by atoms with Gasteiger partial charge in [-0.3, -0.25) is 4.79 Å². The van der Waals surface area contributed by atoms with E-state index >= 15 is 0 Å². The van der Waals surface area contributed by atoms with Crippen molar-refractivity contribution in [1.29, 1.82) is 0 Å². The third-order valence-corrected chi connectivity index (χ3v) is 3.99. The second-order valence-electron chi connectivity index (χ2n) is 5.79. The molecule has 0 aliphatic rings. The lowest BCUT2D eigenvalue weighted by molar-refractivity contribution is 0.0954. The lowest BCUT2D eigenvalue weighted by Crippen LogP contribution is -2.25. The summed E-state index contributed by atoms with van der Waals surface area (Å²) >= 11 is 0. The highest BCUT2D eigenvalue weighted by molar-refractivity contribution is 5.99. The molecule has 128 valence electrons. The molecule has 0 atom stereocenters. The summed E-state index contributed by atoms with van der Waals surface area (Å²) in [7, 11) is 1.64. The van der Waals surface area contributed by atoms with Crippen LogP contribution in [0.1, 0.15) is 21.5 Å². The van der Waals surface area contributed by atoms with Crippen molar-refractivity contribution in [2.75, 3.05) is 13.7 Å². The predicted molar refractivity (Wildman–Crippen MR) is 95.7 cm³/mol. The van der Waals surface area contributed by atoms with Gasteiger partial charge in [0, 0.05) is 12.1 Å². The summed E-state index contributed by atoms with van der Waals surface area (Å²) in [5, 5.41) is 6.69. The number of rotatable bonds is 6. The maximum Gasteiger partial charge on any atom is 0.256 e. The van der Waals surface area contributed by atoms with Gasteiger partial charge in [-0.1, -0.05) is 47.1 Å². The molecule has 1 N–H and O–H groups in total. The molecule has 0 aliphatic carbocycles. The molecule has 0 bridgehead atoms. The smallest absolute Gasteiger partial charge is 0.256 e. The number of aryl methyl sites for hydroxylation is 1. The minimum Gasteiger partial charge on any atom is -0.497 e. The fraction of sp³-hybridized carbons (Fsp3) is 0.200. The molecule has 0 saturated carbocycles. The van der Waals surface area contributed by atoms with Crippen LogP contribution in [0.2, 0.25) is 0 Å². The van der Waals surface area contributed by atoms with Gasteiger partial charge in [0.05, 0.1) is 13.3 Å². The van der Waals surface area contributed by atoms with Crippen LogP contribution in [0.3, 0.4) is 0 Å². The third kappa shape index (κ3) is 4.07. The Hall–Kier alpha value is -3.08. The zero-order chi connectivity index (χ0) is 17.6. The maximum atomic E-state index is 12.4. The molecule has 0 unspecified atom stereocenters. The summed E-state index contributed by atoms with van der Waals surface area (Å²) < 4.78 is 10.4. The van der Waals surface area contributed by atoms with E-state index in [2.05, 4.69) is 10.5 Å². The standard InChI is InChI=1S/C20H20N2O3/c1-14-3-7-16(8-4-14)19-18(13-22-25-19)20(23)21-12-11-15-5-9-17(24-2)10-6-15/h3-10,13H,11-12H2,1-2H3,(H,21,23). The Morgan fingerprint density at radius 1 is 1.12 bits per heavy atom. The Kier molecular flexibility index (Phi) is 5.14. The Morgan fingerprint density at radius 2 is 1.84 bits per heavy atom. The van der Waals surface area contributed by atoms with Gasteiger partial charge in [0.15, 0.2) is 5.76 Å². The first-order valence-electron chi connectivity index (χ1n) is 8.10. The largest absolute Gasteiger partial charge is 0.497 e. The van der Waals surface area contributed by atoms with Gasteiger partial charge in [-0.15, -0.1) is 0 Å². The zero-order valence-electron chi connectivity index (χ0n) is 14.3. The van der Waals surface area contributed by atoms with E-state index in [0.717, 1.165) is 28.9 Å². The van der Waals surface area contributed by atoms with Crippen molar-refractivity contribution in [2.24, 2.45) is 0 Å². The second kappa shape index (κ2) is 7.66. The maximum absolute atomic E-state index is 12.4. The van der Waals surface area contributed by atoms with Gasteiger partial charge in [0.1, 0.15) is 11.3 Å². The normalized spacial score (nSPS) is 10.5. The highest BCUT2D eigenvalue weighted by atomic mass is 16.5. The van der Waals surface area contributed by atoms with Crippen LogP contribution in [0.5, 0.6) is 5.75 Å². The average molecular weight is 336 g/mol. The fourth-order valence-electron chi connectivity index (χ4n) is 2.52. The van der Waals surface area contributed by atoms with Crippen molar-refractivity contribution in [2.45, 2.75) is 13.3 Å². The van der Waals surface area contributed by atoms with Gasteiger partial charge in [0.2, 0.25) is 0 Å². The van der Waals surface area contributed by atoms with E-state index in [4.69, 9.17) is 9.26 Å². The summed E-state index contributed by atoms with van der Waals surface area (Å²) in [6, 6.07) is 15.6. The molecule has 5 nitrogen and oxygen atoms in total. The van der Waals surface area contributed by atoms with Gasteiger partial charge in [-0.25, -0.2) is 0 Å². The van der Waals surface area contributed by atoms with Gasteiger partial charge >= 0.3 is 0 Å². The molecule has 25 heavy (non-hydrogen) atoms. The first-order chi connectivity index (χ1) is 12.2. The highest BCUT2D eigenvalue weighted by Gasteiger charge is 2.17. The van der Waals surface area contributed by atoms with Gasteiger partial charge < -0.3 is 14.6 Å². The molecule has 0 radical (unpaired) electrons. The first kappa shape index (κ1) is 16.8. The summed E-state index contributed by atoms with van der Waals surface area (Å²) in [6.45, 7) is 2.54. The SMILES string of the molecule is COc1ccc(CCNC(=O)c2cnoc2-c2ccc(C)cc2)cc1. The number of nitrogens with one attached hydrogen (secondary N) is 1. The summed E-state index contributed by atoms with van der Waals surface area (Å²) in [5.41, 5.74) is 3.56. The molecule has 0 saturated heterocycles. The summed E-state index contributed by atoms with van der Waals surface area (Å²) in [5.74, 6) is 1.12. The van der Waals surface area contributed by atoms with E-state index in [1.54, 1.807) is 7.11 Å². The number of hydrogen-bond donors (Lipinski definition) is 1. The van der Waals surface area contributed by atoms with Crippen molar-refractivity contribution in [3.8, 4) is 17.1 Å². The van der Waals surface area contributed by atoms with Crippen LogP contribution in [-0.2, 0) is 6.42 Å². The fourth-order valence-corrected chi connectivity index (χ4v) is 2.52. The second-order valence-corrected chi connectivity index (χ2v) is 5.79. The number of carbonyl (C=O) groups is 1. The van der Waals surface area contributed by atoms with E-state index in [1.165, 1.54) is 6.20 Å². The Morgan fingerprint density at radius 3 is 2.52 bits per heavy atom. The molecule has 0 aliphatic heterocycles. The molecular formula is C20H20N2O3. The zero-order valence-corrected chi connectivity index (χ0v) is 14.3. The molecule has 3 rings (SSSR count). The monoisotopic (exact) mass is 336 g/mol. The van der Waals surface area contributed by atoms with E-state index in [0.29, 0.717) is 17.9 Å². The number of benzene rings is 2. The van der Waals surface area contributed by atoms with Crippen molar-refractivity contribution in [3.05, 3.63) is 71.4 Å². The lowest BCUT2D eigenvalue weighted by Gasteiger charge is -2.06. The molecule has 1 heterocycles. The first-order valence-corrected chi connectivity index (χ1v) is 8.10. The number of hydrogen-bond acceptors (Lipinski definition) is 4. The molecular weight excluding hydrogens is 316 g/mol. The van der Waals surface area contributed by atoms with Gasteiger partial charge in [-0.05, 0) is 31.0 Å². The molecule has 1 amide bonds. The molecule has 5 heteroatoms. The minimum absolute atomic E-state index is 0.190. The van der Waals surface area contributed by atoms with Crippen molar-refractivity contribution in [1.82, 2.24) is 10.5 Å². The number of carbonyl (C=O) groups excluding carboxylic acids is 1. The van der Waals surface area contributed by atoms with Crippen LogP contribution < -0.4 is 10.1 Å². The molecule has 1 aromatic heterocycles. The summed E-state index contributed by atoms with van der Waals surface area (Å²) in [6.07, 6.45) is 2.19. The van der Waals surface area contributed by atoms with E-state index < -0.39 is 0 Å². The van der Waals surface area contributed by atoms with Crippen molar-refractivity contribution in [3.63, 3.8) is 0 Å². The molecule has 0 fully saturated rings.